The fourth-order valence-electron chi connectivity index (χ4n) is 2.44. The molecule has 5 nitrogen and oxygen atoms in total. The summed E-state index contributed by atoms with van der Waals surface area (Å²) in [7, 11) is 1.66. The molecule has 1 unspecified atom stereocenters. The van der Waals surface area contributed by atoms with E-state index in [1.807, 2.05) is 36.4 Å². The molecule has 1 N–H and O–H groups in total. The molecule has 110 valence electrons. The average molecular weight is 285 g/mol. The van der Waals surface area contributed by atoms with Crippen LogP contribution in [-0.4, -0.2) is 30.3 Å². The zero-order chi connectivity index (χ0) is 14.5. The van der Waals surface area contributed by atoms with E-state index in [-0.39, 0.29) is 0 Å². The summed E-state index contributed by atoms with van der Waals surface area (Å²) < 4.78 is 10.4. The van der Waals surface area contributed by atoms with Gasteiger partial charge in [-0.1, -0.05) is 17.3 Å². The van der Waals surface area contributed by atoms with Crippen molar-refractivity contribution in [1.82, 2.24) is 15.5 Å². The van der Waals surface area contributed by atoms with Crippen molar-refractivity contribution in [1.29, 1.82) is 0 Å². The first-order valence-corrected chi connectivity index (χ1v) is 7.21. The minimum absolute atomic E-state index is 0.366. The summed E-state index contributed by atoms with van der Waals surface area (Å²) in [6.07, 6.45) is 6.08. The molecule has 1 fully saturated rings. The molecule has 0 bridgehead atoms. The van der Waals surface area contributed by atoms with E-state index in [1.54, 1.807) is 7.11 Å². The van der Waals surface area contributed by atoms with Gasteiger partial charge in [0.15, 0.2) is 5.82 Å². The van der Waals surface area contributed by atoms with Crippen LogP contribution in [0, 0.1) is 0 Å². The highest BCUT2D eigenvalue weighted by Crippen LogP contribution is 2.21. The molecule has 5 heteroatoms. The lowest BCUT2D eigenvalue weighted by Crippen LogP contribution is -2.28. The highest BCUT2D eigenvalue weighted by Gasteiger charge is 2.19. The highest BCUT2D eigenvalue weighted by atomic mass is 16.5. The zero-order valence-corrected chi connectivity index (χ0v) is 12.1. The van der Waals surface area contributed by atoms with Gasteiger partial charge in [-0.15, -0.1) is 0 Å². The van der Waals surface area contributed by atoms with Crippen LogP contribution in [0.3, 0.4) is 0 Å². The van der Waals surface area contributed by atoms with Gasteiger partial charge in [0.2, 0.25) is 0 Å². The quantitative estimate of drug-likeness (QED) is 0.936. The lowest BCUT2D eigenvalue weighted by atomic mass is 9.99. The summed E-state index contributed by atoms with van der Waals surface area (Å²) in [5, 5.41) is 7.44. The van der Waals surface area contributed by atoms with Crippen LogP contribution in [-0.2, 0) is 0 Å². The summed E-state index contributed by atoms with van der Waals surface area (Å²) in [5.74, 6) is 2.56. The van der Waals surface area contributed by atoms with Crippen LogP contribution in [0.2, 0.25) is 0 Å². The fourth-order valence-corrected chi connectivity index (χ4v) is 2.44. The van der Waals surface area contributed by atoms with Crippen LogP contribution in [0.5, 0.6) is 5.75 Å². The van der Waals surface area contributed by atoms with Crippen molar-refractivity contribution in [3.05, 3.63) is 41.5 Å². The Morgan fingerprint density at radius 2 is 2.14 bits per heavy atom. The summed E-state index contributed by atoms with van der Waals surface area (Å²) in [4.78, 5) is 4.45. The minimum Gasteiger partial charge on any atom is -0.497 e. The summed E-state index contributed by atoms with van der Waals surface area (Å²) in [6.45, 7) is 2.01. The molecule has 1 aliphatic heterocycles. The number of ether oxygens (including phenoxy) is 1. The molecule has 1 saturated heterocycles. The van der Waals surface area contributed by atoms with E-state index in [1.165, 1.54) is 0 Å². The molecular weight excluding hydrogens is 266 g/mol. The molecule has 1 aromatic carbocycles. The predicted molar refractivity (Wildman–Crippen MR) is 81.1 cm³/mol. The fraction of sp³-hybridized carbons (Fsp3) is 0.375. The van der Waals surface area contributed by atoms with Crippen LogP contribution in [0.4, 0.5) is 0 Å². The van der Waals surface area contributed by atoms with Crippen LogP contribution in [0.15, 0.2) is 28.8 Å². The number of aromatic nitrogens is 2. The Balaban J connectivity index is 1.66. The second-order valence-electron chi connectivity index (χ2n) is 5.14. The Morgan fingerprint density at radius 3 is 2.86 bits per heavy atom. The number of hydrogen-bond donors (Lipinski definition) is 1. The van der Waals surface area contributed by atoms with E-state index in [9.17, 15) is 0 Å². The first-order chi connectivity index (χ1) is 10.3. The van der Waals surface area contributed by atoms with Gasteiger partial charge in [0.1, 0.15) is 5.75 Å². The zero-order valence-electron chi connectivity index (χ0n) is 12.1. The molecule has 2 aromatic rings. The highest BCUT2D eigenvalue weighted by molar-refractivity contribution is 5.66. The Hall–Kier alpha value is -2.14. The van der Waals surface area contributed by atoms with Gasteiger partial charge in [0, 0.05) is 18.5 Å². The third-order valence-electron chi connectivity index (χ3n) is 3.65. The van der Waals surface area contributed by atoms with Crippen LogP contribution >= 0.6 is 0 Å². The minimum atomic E-state index is 0.366. The number of nitrogens with one attached hydrogen (secondary N) is 1. The summed E-state index contributed by atoms with van der Waals surface area (Å²) in [6, 6.07) is 7.81. The number of nitrogens with zero attached hydrogens (tertiary/aromatic N) is 2. The van der Waals surface area contributed by atoms with Gasteiger partial charge in [-0.3, -0.25) is 0 Å². The number of benzene rings is 1. The van der Waals surface area contributed by atoms with Crippen LogP contribution in [0.1, 0.15) is 36.0 Å². The van der Waals surface area contributed by atoms with Gasteiger partial charge in [0.05, 0.1) is 7.11 Å². The van der Waals surface area contributed by atoms with Crippen molar-refractivity contribution in [2.45, 2.75) is 18.8 Å². The molecule has 0 saturated carbocycles. The molecule has 0 amide bonds. The Labute approximate surface area is 124 Å². The molecule has 1 atom stereocenters. The Bertz CT molecular complexity index is 598. The maximum absolute atomic E-state index is 5.28. The van der Waals surface area contributed by atoms with Crippen molar-refractivity contribution in [3.63, 3.8) is 0 Å². The predicted octanol–water partition coefficient (Wildman–Crippen LogP) is 2.72. The molecule has 1 aromatic heterocycles. The first-order valence-electron chi connectivity index (χ1n) is 7.21. The normalized spacial score (nSPS) is 19.0. The standard InChI is InChI=1S/C16H19N3O2/c1-20-14-7-4-12(5-8-14)6-9-15-18-16(19-21-15)13-3-2-10-17-11-13/h4-9,13,17H,2-3,10-11H2,1H3/b9-6+. The van der Waals surface area contributed by atoms with Crippen molar-refractivity contribution < 1.29 is 9.26 Å². The van der Waals surface area contributed by atoms with E-state index in [0.717, 1.165) is 43.1 Å². The topological polar surface area (TPSA) is 60.2 Å². The second-order valence-corrected chi connectivity index (χ2v) is 5.14. The first kappa shape index (κ1) is 13.8. The second kappa shape index (κ2) is 6.54. The molecule has 2 heterocycles. The maximum atomic E-state index is 5.28. The van der Waals surface area contributed by atoms with Crippen molar-refractivity contribution in [2.24, 2.45) is 0 Å². The molecule has 0 spiro atoms. The smallest absolute Gasteiger partial charge is 0.250 e. The Kier molecular flexibility index (Phi) is 4.31. The van der Waals surface area contributed by atoms with E-state index < -0.39 is 0 Å². The van der Waals surface area contributed by atoms with Gasteiger partial charge >= 0.3 is 0 Å². The number of methoxy groups -OCH3 is 1. The molecule has 0 aliphatic carbocycles. The SMILES string of the molecule is COc1ccc(/C=C/c2nc(C3CCCNC3)no2)cc1. The number of piperidine rings is 1. The maximum Gasteiger partial charge on any atom is 0.250 e. The van der Waals surface area contributed by atoms with Gasteiger partial charge in [-0.25, -0.2) is 0 Å². The molecule has 3 rings (SSSR count). The van der Waals surface area contributed by atoms with Gasteiger partial charge in [-0.2, -0.15) is 4.98 Å². The average Bonchev–Trinajstić information content (AvgIpc) is 3.03. The van der Waals surface area contributed by atoms with Crippen molar-refractivity contribution >= 4 is 12.2 Å². The molecule has 0 radical (unpaired) electrons. The lowest BCUT2D eigenvalue weighted by Gasteiger charge is -2.19. The van der Waals surface area contributed by atoms with Gasteiger partial charge in [0.25, 0.3) is 5.89 Å². The monoisotopic (exact) mass is 285 g/mol. The van der Waals surface area contributed by atoms with E-state index in [4.69, 9.17) is 9.26 Å². The van der Waals surface area contributed by atoms with E-state index in [0.29, 0.717) is 11.8 Å². The summed E-state index contributed by atoms with van der Waals surface area (Å²) in [5.41, 5.74) is 1.06. The van der Waals surface area contributed by atoms with Crippen molar-refractivity contribution in [2.75, 3.05) is 20.2 Å². The number of hydrogen-bond acceptors (Lipinski definition) is 5. The van der Waals surface area contributed by atoms with E-state index in [2.05, 4.69) is 15.5 Å². The van der Waals surface area contributed by atoms with Crippen molar-refractivity contribution in [3.8, 4) is 5.75 Å². The third-order valence-corrected chi connectivity index (χ3v) is 3.65. The third kappa shape index (κ3) is 3.49. The molecule has 21 heavy (non-hydrogen) atoms. The summed E-state index contributed by atoms with van der Waals surface area (Å²) >= 11 is 0. The largest absolute Gasteiger partial charge is 0.497 e. The van der Waals surface area contributed by atoms with Crippen LogP contribution < -0.4 is 10.1 Å². The number of rotatable bonds is 4. The lowest BCUT2D eigenvalue weighted by molar-refractivity contribution is 0.382. The molecule has 1 aliphatic rings. The Morgan fingerprint density at radius 1 is 1.29 bits per heavy atom. The van der Waals surface area contributed by atoms with E-state index >= 15 is 0 Å². The van der Waals surface area contributed by atoms with Gasteiger partial charge < -0.3 is 14.6 Å². The van der Waals surface area contributed by atoms with Gasteiger partial charge in [-0.05, 0) is 43.2 Å². The molecular formula is C16H19N3O2. The van der Waals surface area contributed by atoms with Crippen LogP contribution in [0.25, 0.3) is 12.2 Å².